The smallest absolute Gasteiger partial charge is 0.142 e. The van der Waals surface area contributed by atoms with Gasteiger partial charge in [-0.15, -0.1) is 0 Å². The molecule has 0 fully saturated rings. The van der Waals surface area contributed by atoms with Crippen molar-refractivity contribution in [2.24, 2.45) is 7.05 Å². The van der Waals surface area contributed by atoms with Crippen LogP contribution in [-0.2, 0) is 7.05 Å². The number of H-pyrrole nitrogens is 1. The van der Waals surface area contributed by atoms with Crippen LogP contribution in [0.4, 0.5) is 5.82 Å². The van der Waals surface area contributed by atoms with E-state index in [4.69, 9.17) is 5.73 Å². The summed E-state index contributed by atoms with van der Waals surface area (Å²) in [4.78, 5) is 11.7. The van der Waals surface area contributed by atoms with Gasteiger partial charge < -0.3 is 10.7 Å². The van der Waals surface area contributed by atoms with Crippen LogP contribution in [0.3, 0.4) is 0 Å². The van der Waals surface area contributed by atoms with Crippen molar-refractivity contribution in [3.8, 4) is 28.6 Å². The van der Waals surface area contributed by atoms with Gasteiger partial charge in [-0.3, -0.25) is 4.68 Å². The summed E-state index contributed by atoms with van der Waals surface area (Å²) >= 11 is 0. The maximum Gasteiger partial charge on any atom is 0.142 e. The Labute approximate surface area is 127 Å². The molecule has 3 heterocycles. The number of hydrogen-bond acceptors (Lipinski definition) is 5. The summed E-state index contributed by atoms with van der Waals surface area (Å²) in [5.41, 5.74) is 11.1. The molecule has 0 unspecified atom stereocenters. The highest BCUT2D eigenvalue weighted by Gasteiger charge is 2.21. The Morgan fingerprint density at radius 1 is 1.32 bits per heavy atom. The van der Waals surface area contributed by atoms with E-state index >= 15 is 0 Å². The number of aromatic nitrogens is 5. The molecule has 7 heteroatoms. The lowest BCUT2D eigenvalue weighted by molar-refractivity contribution is 0.768. The summed E-state index contributed by atoms with van der Waals surface area (Å²) in [5.74, 6) is 0.198. The first-order valence-corrected chi connectivity index (χ1v) is 6.72. The summed E-state index contributed by atoms with van der Waals surface area (Å²) in [6, 6.07) is 2.14. The zero-order valence-corrected chi connectivity index (χ0v) is 12.5. The van der Waals surface area contributed by atoms with Gasteiger partial charge in [0.05, 0.1) is 23.9 Å². The normalized spacial score (nSPS) is 10.6. The molecule has 0 atom stereocenters. The first kappa shape index (κ1) is 13.8. The molecule has 110 valence electrons. The van der Waals surface area contributed by atoms with Crippen LogP contribution in [0.1, 0.15) is 16.8 Å². The van der Waals surface area contributed by atoms with Gasteiger partial charge in [0.2, 0.25) is 0 Å². The fourth-order valence-corrected chi connectivity index (χ4v) is 2.54. The van der Waals surface area contributed by atoms with Gasteiger partial charge in [-0.1, -0.05) is 0 Å². The van der Waals surface area contributed by atoms with E-state index < -0.39 is 0 Å². The third-order valence-corrected chi connectivity index (χ3v) is 3.63. The topological polar surface area (TPSA) is 109 Å². The maximum absolute atomic E-state index is 9.45. The number of nitriles is 1. The third kappa shape index (κ3) is 2.02. The standard InChI is InChI=1S/C15H15N7/c1-8-12(14-9(2)18-7-19-14)11(4-16)15(17)21-13(8)10-5-20-22(3)6-10/h5-7H,1-3H3,(H2,17,21)(H,18,19). The van der Waals surface area contributed by atoms with Gasteiger partial charge in [0.1, 0.15) is 17.5 Å². The van der Waals surface area contributed by atoms with Crippen LogP contribution < -0.4 is 5.73 Å². The van der Waals surface area contributed by atoms with Crippen molar-refractivity contribution in [2.45, 2.75) is 13.8 Å². The molecule has 0 saturated carbocycles. The maximum atomic E-state index is 9.45. The van der Waals surface area contributed by atoms with E-state index in [1.54, 1.807) is 17.2 Å². The molecule has 0 aliphatic carbocycles. The van der Waals surface area contributed by atoms with Crippen molar-refractivity contribution in [3.05, 3.63) is 35.5 Å². The molecule has 0 aliphatic rings. The fourth-order valence-electron chi connectivity index (χ4n) is 2.54. The highest BCUT2D eigenvalue weighted by Crippen LogP contribution is 2.35. The minimum atomic E-state index is 0.198. The van der Waals surface area contributed by atoms with Crippen molar-refractivity contribution in [1.29, 1.82) is 5.26 Å². The molecule has 3 aromatic rings. The largest absolute Gasteiger partial charge is 0.383 e. The SMILES string of the molecule is Cc1[nH]cnc1-c1c(C)c(-c2cnn(C)c2)nc(N)c1C#N. The van der Waals surface area contributed by atoms with Crippen molar-refractivity contribution < 1.29 is 0 Å². The van der Waals surface area contributed by atoms with E-state index in [0.29, 0.717) is 22.5 Å². The number of aryl methyl sites for hydroxylation is 2. The van der Waals surface area contributed by atoms with Gasteiger partial charge in [-0.2, -0.15) is 10.4 Å². The van der Waals surface area contributed by atoms with Crippen molar-refractivity contribution in [3.63, 3.8) is 0 Å². The number of rotatable bonds is 2. The highest BCUT2D eigenvalue weighted by molar-refractivity contribution is 5.83. The first-order chi connectivity index (χ1) is 10.5. The Hall–Kier alpha value is -3.14. The molecule has 3 N–H and O–H groups in total. The number of nitrogens with one attached hydrogen (secondary N) is 1. The van der Waals surface area contributed by atoms with E-state index in [1.165, 1.54) is 0 Å². The zero-order valence-electron chi connectivity index (χ0n) is 12.5. The van der Waals surface area contributed by atoms with Gasteiger partial charge in [0.25, 0.3) is 0 Å². The molecular weight excluding hydrogens is 278 g/mol. The van der Waals surface area contributed by atoms with Crippen molar-refractivity contribution in [1.82, 2.24) is 24.7 Å². The van der Waals surface area contributed by atoms with Crippen LogP contribution in [0.15, 0.2) is 18.7 Å². The Kier molecular flexibility index (Phi) is 3.14. The van der Waals surface area contributed by atoms with E-state index in [9.17, 15) is 5.26 Å². The number of hydrogen-bond donors (Lipinski definition) is 2. The van der Waals surface area contributed by atoms with Crippen LogP contribution >= 0.6 is 0 Å². The number of anilines is 1. The Bertz CT molecular complexity index is 895. The molecular formula is C15H15N7. The second-order valence-electron chi connectivity index (χ2n) is 5.11. The molecule has 0 radical (unpaired) electrons. The summed E-state index contributed by atoms with van der Waals surface area (Å²) in [7, 11) is 1.84. The average Bonchev–Trinajstić information content (AvgIpc) is 3.09. The van der Waals surface area contributed by atoms with Crippen LogP contribution in [-0.4, -0.2) is 24.7 Å². The lowest BCUT2D eigenvalue weighted by Gasteiger charge is -2.13. The number of aromatic amines is 1. The van der Waals surface area contributed by atoms with Crippen LogP contribution in [0.25, 0.3) is 22.5 Å². The zero-order chi connectivity index (χ0) is 15.9. The van der Waals surface area contributed by atoms with Gasteiger partial charge in [0.15, 0.2) is 0 Å². The average molecular weight is 293 g/mol. The van der Waals surface area contributed by atoms with E-state index in [-0.39, 0.29) is 5.82 Å². The molecule has 0 saturated heterocycles. The Morgan fingerprint density at radius 3 is 2.64 bits per heavy atom. The fraction of sp³-hybridized carbons (Fsp3) is 0.200. The predicted octanol–water partition coefficient (Wildman–Crippen LogP) is 1.94. The van der Waals surface area contributed by atoms with Crippen LogP contribution in [0, 0.1) is 25.2 Å². The Morgan fingerprint density at radius 2 is 2.09 bits per heavy atom. The predicted molar refractivity (Wildman–Crippen MR) is 82.6 cm³/mol. The second-order valence-corrected chi connectivity index (χ2v) is 5.11. The lowest BCUT2D eigenvalue weighted by atomic mass is 9.96. The van der Waals surface area contributed by atoms with E-state index in [1.807, 2.05) is 27.1 Å². The molecule has 7 nitrogen and oxygen atoms in total. The van der Waals surface area contributed by atoms with E-state index in [0.717, 1.165) is 16.8 Å². The minimum absolute atomic E-state index is 0.198. The monoisotopic (exact) mass is 293 g/mol. The molecule has 0 amide bonds. The molecule has 3 aromatic heterocycles. The highest BCUT2D eigenvalue weighted by atomic mass is 15.2. The summed E-state index contributed by atoms with van der Waals surface area (Å²) in [6.45, 7) is 3.82. The number of pyridine rings is 1. The van der Waals surface area contributed by atoms with Crippen molar-refractivity contribution >= 4 is 5.82 Å². The summed E-state index contributed by atoms with van der Waals surface area (Å²) < 4.78 is 1.70. The van der Waals surface area contributed by atoms with Crippen LogP contribution in [0.2, 0.25) is 0 Å². The lowest BCUT2D eigenvalue weighted by Crippen LogP contribution is -2.03. The van der Waals surface area contributed by atoms with Gasteiger partial charge >= 0.3 is 0 Å². The molecule has 0 aromatic carbocycles. The van der Waals surface area contributed by atoms with Gasteiger partial charge in [-0.25, -0.2) is 9.97 Å². The second kappa shape index (κ2) is 5.00. The number of nitrogens with two attached hydrogens (primary N) is 1. The minimum Gasteiger partial charge on any atom is -0.383 e. The first-order valence-electron chi connectivity index (χ1n) is 6.72. The molecule has 0 bridgehead atoms. The van der Waals surface area contributed by atoms with Gasteiger partial charge in [-0.05, 0) is 19.4 Å². The molecule has 0 aliphatic heterocycles. The third-order valence-electron chi connectivity index (χ3n) is 3.63. The summed E-state index contributed by atoms with van der Waals surface area (Å²) in [6.07, 6.45) is 5.19. The number of imidazole rings is 1. The van der Waals surface area contributed by atoms with Crippen molar-refractivity contribution in [2.75, 3.05) is 5.73 Å². The molecule has 22 heavy (non-hydrogen) atoms. The van der Waals surface area contributed by atoms with Gasteiger partial charge in [0, 0.05) is 30.1 Å². The number of nitrogens with zero attached hydrogens (tertiary/aromatic N) is 5. The molecule has 3 rings (SSSR count). The molecule has 0 spiro atoms. The van der Waals surface area contributed by atoms with Crippen LogP contribution in [0.5, 0.6) is 0 Å². The van der Waals surface area contributed by atoms with E-state index in [2.05, 4.69) is 26.1 Å². The summed E-state index contributed by atoms with van der Waals surface area (Å²) in [5, 5.41) is 13.6. The Balaban J connectivity index is 2.35. The quantitative estimate of drug-likeness (QED) is 0.750. The number of nitrogen functional groups attached to an aromatic ring is 1.